The van der Waals surface area contributed by atoms with Gasteiger partial charge in [-0.05, 0) is 31.0 Å². The van der Waals surface area contributed by atoms with Crippen molar-refractivity contribution in [1.29, 1.82) is 0 Å². The summed E-state index contributed by atoms with van der Waals surface area (Å²) in [5.74, 6) is -0.631. The zero-order valence-electron chi connectivity index (χ0n) is 11.5. The minimum Gasteiger partial charge on any atom is -0.350 e. The van der Waals surface area contributed by atoms with E-state index in [9.17, 15) is 9.18 Å². The number of hydrogen-bond acceptors (Lipinski definition) is 4. The largest absolute Gasteiger partial charge is 0.350 e. The second kappa shape index (κ2) is 6.22. The van der Waals surface area contributed by atoms with Crippen LogP contribution in [0.1, 0.15) is 23.2 Å². The summed E-state index contributed by atoms with van der Waals surface area (Å²) in [7, 11) is 0. The zero-order chi connectivity index (χ0) is 14.7. The number of aromatic nitrogens is 1. The van der Waals surface area contributed by atoms with Gasteiger partial charge in [-0.3, -0.25) is 4.79 Å². The summed E-state index contributed by atoms with van der Waals surface area (Å²) in [6.07, 6.45) is 3.92. The summed E-state index contributed by atoms with van der Waals surface area (Å²) >= 11 is 1.61. The lowest BCUT2D eigenvalue weighted by Crippen LogP contribution is -2.40. The molecule has 3 rings (SSSR count). The van der Waals surface area contributed by atoms with E-state index in [1.807, 2.05) is 5.38 Å². The van der Waals surface area contributed by atoms with Crippen molar-refractivity contribution in [2.24, 2.45) is 0 Å². The van der Waals surface area contributed by atoms with Gasteiger partial charge in [-0.15, -0.1) is 11.3 Å². The Balaban J connectivity index is 1.61. The van der Waals surface area contributed by atoms with Gasteiger partial charge in [0.2, 0.25) is 0 Å². The molecular formula is C15H16FN3OS. The monoisotopic (exact) mass is 305 g/mol. The second-order valence-corrected chi connectivity index (χ2v) is 5.90. The quantitative estimate of drug-likeness (QED) is 0.944. The number of anilines is 1. The van der Waals surface area contributed by atoms with E-state index < -0.39 is 5.82 Å². The Labute approximate surface area is 126 Å². The molecule has 2 aromatic rings. The maximum atomic E-state index is 13.1. The lowest BCUT2D eigenvalue weighted by atomic mass is 10.2. The third kappa shape index (κ3) is 3.21. The third-order valence-corrected chi connectivity index (χ3v) is 4.44. The van der Waals surface area contributed by atoms with Crippen molar-refractivity contribution in [2.75, 3.05) is 18.0 Å². The topological polar surface area (TPSA) is 45.2 Å². The van der Waals surface area contributed by atoms with Gasteiger partial charge in [0.25, 0.3) is 5.91 Å². The van der Waals surface area contributed by atoms with Crippen LogP contribution in [0.5, 0.6) is 0 Å². The summed E-state index contributed by atoms with van der Waals surface area (Å²) in [5, 5.41) is 5.84. The number of amides is 1. The first kappa shape index (κ1) is 14.0. The molecule has 0 radical (unpaired) electrons. The maximum Gasteiger partial charge on any atom is 0.251 e. The number of carbonyl (C=O) groups is 1. The van der Waals surface area contributed by atoms with Crippen molar-refractivity contribution >= 4 is 22.4 Å². The number of carbonyl (C=O) groups excluding carboxylic acids is 1. The summed E-state index contributed by atoms with van der Waals surface area (Å²) in [5.41, 5.74) is 0.355. The Morgan fingerprint density at radius 3 is 3.19 bits per heavy atom. The summed E-state index contributed by atoms with van der Waals surface area (Å²) in [6, 6.07) is 6.00. The molecule has 1 saturated heterocycles. The molecule has 0 bridgehead atoms. The minimum atomic E-state index is -0.395. The molecule has 2 heterocycles. The molecule has 1 unspecified atom stereocenters. The van der Waals surface area contributed by atoms with Crippen molar-refractivity contribution in [1.82, 2.24) is 10.3 Å². The van der Waals surface area contributed by atoms with E-state index in [1.54, 1.807) is 29.7 Å². The van der Waals surface area contributed by atoms with Crippen LogP contribution in [0.15, 0.2) is 35.8 Å². The number of benzene rings is 1. The maximum absolute atomic E-state index is 13.1. The summed E-state index contributed by atoms with van der Waals surface area (Å²) in [4.78, 5) is 18.6. The van der Waals surface area contributed by atoms with Crippen molar-refractivity contribution in [2.45, 2.75) is 18.9 Å². The predicted octanol–water partition coefficient (Wildman–Crippen LogP) is 2.68. The van der Waals surface area contributed by atoms with Gasteiger partial charge in [-0.2, -0.15) is 0 Å². The highest BCUT2D eigenvalue weighted by Gasteiger charge is 2.26. The van der Waals surface area contributed by atoms with Crippen LogP contribution in [0.3, 0.4) is 0 Å². The molecule has 110 valence electrons. The number of halogens is 1. The standard InChI is InChI=1S/C15H16FN3OS/c16-12-4-1-3-11(9-12)14(20)18-10-13-5-2-7-19(13)15-17-6-8-21-15/h1,3-4,6,8-9,13H,2,5,7,10H2,(H,18,20). The Bertz CT molecular complexity index is 617. The van der Waals surface area contributed by atoms with Gasteiger partial charge in [-0.1, -0.05) is 6.07 Å². The van der Waals surface area contributed by atoms with Crippen LogP contribution in [0.4, 0.5) is 9.52 Å². The Morgan fingerprint density at radius 1 is 1.52 bits per heavy atom. The van der Waals surface area contributed by atoms with Crippen LogP contribution >= 0.6 is 11.3 Å². The molecule has 1 aliphatic heterocycles. The van der Waals surface area contributed by atoms with Crippen LogP contribution in [-0.4, -0.2) is 30.0 Å². The zero-order valence-corrected chi connectivity index (χ0v) is 12.3. The molecule has 4 nitrogen and oxygen atoms in total. The second-order valence-electron chi connectivity index (χ2n) is 5.02. The van der Waals surface area contributed by atoms with Crippen LogP contribution in [0.2, 0.25) is 0 Å². The smallest absolute Gasteiger partial charge is 0.251 e. The van der Waals surface area contributed by atoms with Gasteiger partial charge < -0.3 is 10.2 Å². The van der Waals surface area contributed by atoms with Gasteiger partial charge in [0.1, 0.15) is 5.82 Å². The highest BCUT2D eigenvalue weighted by Crippen LogP contribution is 2.26. The average molecular weight is 305 g/mol. The summed E-state index contributed by atoms with van der Waals surface area (Å²) < 4.78 is 13.1. The number of nitrogens with one attached hydrogen (secondary N) is 1. The van der Waals surface area contributed by atoms with Crippen molar-refractivity contribution < 1.29 is 9.18 Å². The molecule has 21 heavy (non-hydrogen) atoms. The van der Waals surface area contributed by atoms with E-state index in [-0.39, 0.29) is 11.9 Å². The normalized spacial score (nSPS) is 18.0. The molecule has 0 spiro atoms. The lowest BCUT2D eigenvalue weighted by Gasteiger charge is -2.24. The predicted molar refractivity (Wildman–Crippen MR) is 81.2 cm³/mol. The molecule has 1 aromatic carbocycles. The molecule has 1 N–H and O–H groups in total. The van der Waals surface area contributed by atoms with Crippen molar-refractivity contribution in [3.8, 4) is 0 Å². The third-order valence-electron chi connectivity index (χ3n) is 3.63. The van der Waals surface area contributed by atoms with Gasteiger partial charge in [0, 0.05) is 36.3 Å². The van der Waals surface area contributed by atoms with Gasteiger partial charge in [-0.25, -0.2) is 9.37 Å². The van der Waals surface area contributed by atoms with E-state index in [0.717, 1.165) is 24.5 Å². The van der Waals surface area contributed by atoms with Crippen LogP contribution in [0, 0.1) is 5.82 Å². The number of thiazole rings is 1. The van der Waals surface area contributed by atoms with E-state index in [4.69, 9.17) is 0 Å². The highest BCUT2D eigenvalue weighted by atomic mass is 32.1. The first-order valence-electron chi connectivity index (χ1n) is 6.94. The Hall–Kier alpha value is -1.95. The van der Waals surface area contributed by atoms with E-state index in [1.165, 1.54) is 12.1 Å². The van der Waals surface area contributed by atoms with Gasteiger partial charge >= 0.3 is 0 Å². The fourth-order valence-corrected chi connectivity index (χ4v) is 3.34. The fourth-order valence-electron chi connectivity index (χ4n) is 2.60. The average Bonchev–Trinajstić information content (AvgIpc) is 3.15. The SMILES string of the molecule is O=C(NCC1CCCN1c1nccs1)c1cccc(F)c1. The number of hydrogen-bond donors (Lipinski definition) is 1. The molecule has 1 aliphatic rings. The first-order chi connectivity index (χ1) is 10.2. The van der Waals surface area contributed by atoms with Crippen LogP contribution < -0.4 is 10.2 Å². The number of rotatable bonds is 4. The first-order valence-corrected chi connectivity index (χ1v) is 7.82. The molecule has 1 fully saturated rings. The molecule has 1 amide bonds. The Kier molecular flexibility index (Phi) is 4.15. The highest BCUT2D eigenvalue weighted by molar-refractivity contribution is 7.13. The molecule has 6 heteroatoms. The van der Waals surface area contributed by atoms with Gasteiger partial charge in [0.05, 0.1) is 0 Å². The van der Waals surface area contributed by atoms with Crippen LogP contribution in [0.25, 0.3) is 0 Å². The minimum absolute atomic E-state index is 0.236. The van der Waals surface area contributed by atoms with Gasteiger partial charge in [0.15, 0.2) is 5.13 Å². The molecular weight excluding hydrogens is 289 g/mol. The molecule has 1 aromatic heterocycles. The van der Waals surface area contributed by atoms with Crippen molar-refractivity contribution in [3.63, 3.8) is 0 Å². The van der Waals surface area contributed by atoms with E-state index in [2.05, 4.69) is 15.2 Å². The Morgan fingerprint density at radius 2 is 2.43 bits per heavy atom. The van der Waals surface area contributed by atoms with E-state index >= 15 is 0 Å². The van der Waals surface area contributed by atoms with E-state index in [0.29, 0.717) is 12.1 Å². The summed E-state index contributed by atoms with van der Waals surface area (Å²) in [6.45, 7) is 1.52. The lowest BCUT2D eigenvalue weighted by molar-refractivity contribution is 0.0951. The molecule has 1 atom stereocenters. The van der Waals surface area contributed by atoms with Crippen molar-refractivity contribution in [3.05, 3.63) is 47.2 Å². The fraction of sp³-hybridized carbons (Fsp3) is 0.333. The molecule has 0 aliphatic carbocycles. The number of nitrogens with zero attached hydrogens (tertiary/aromatic N) is 2. The van der Waals surface area contributed by atoms with Crippen LogP contribution in [-0.2, 0) is 0 Å². The molecule has 0 saturated carbocycles.